The van der Waals surface area contributed by atoms with Gasteiger partial charge in [0.2, 0.25) is 0 Å². The first-order chi connectivity index (χ1) is 6.77. The van der Waals surface area contributed by atoms with Gasteiger partial charge in [0, 0.05) is 9.81 Å². The van der Waals surface area contributed by atoms with Gasteiger partial charge in [0.1, 0.15) is 12.3 Å². The van der Waals surface area contributed by atoms with E-state index in [0.717, 1.165) is 4.43 Å². The van der Waals surface area contributed by atoms with Crippen molar-refractivity contribution in [2.75, 3.05) is 16.8 Å². The molecule has 0 spiro atoms. The Hall–Kier alpha value is -0.700. The molecule has 0 saturated carbocycles. The van der Waals surface area contributed by atoms with Gasteiger partial charge in [-0.3, -0.25) is 4.79 Å². The molecule has 1 aromatic heterocycles. The van der Waals surface area contributed by atoms with E-state index in [1.54, 1.807) is 5.38 Å². The molecule has 0 fully saturated rings. The van der Waals surface area contributed by atoms with Crippen LogP contribution in [0.2, 0.25) is 0 Å². The summed E-state index contributed by atoms with van der Waals surface area (Å²) in [5.74, 6) is 0. The van der Waals surface area contributed by atoms with Crippen LogP contribution in [0.1, 0.15) is 5.69 Å². The quantitative estimate of drug-likeness (QED) is 0.219. The summed E-state index contributed by atoms with van der Waals surface area (Å²) in [6.07, 6.45) is 0.599. The van der Waals surface area contributed by atoms with Crippen molar-refractivity contribution in [3.8, 4) is 0 Å². The zero-order valence-corrected chi connectivity index (χ0v) is 10.1. The molecule has 0 atom stereocenters. The van der Waals surface area contributed by atoms with Crippen molar-refractivity contribution in [3.63, 3.8) is 0 Å². The van der Waals surface area contributed by atoms with Crippen LogP contribution in [0.4, 0.5) is 5.13 Å². The summed E-state index contributed by atoms with van der Waals surface area (Å²) < 4.78 is 0.812. The molecule has 0 radical (unpaired) electrons. The summed E-state index contributed by atoms with van der Waals surface area (Å²) in [5, 5.41) is 5.72. The largest absolute Gasteiger partial charge is 0.394 e. The van der Waals surface area contributed by atoms with E-state index in [0.29, 0.717) is 23.7 Å². The Balaban J connectivity index is 2.71. The van der Waals surface area contributed by atoms with Crippen molar-refractivity contribution < 1.29 is 9.63 Å². The van der Waals surface area contributed by atoms with E-state index in [-0.39, 0.29) is 5.71 Å². The van der Waals surface area contributed by atoms with Gasteiger partial charge in [-0.2, -0.15) is 0 Å². The van der Waals surface area contributed by atoms with E-state index in [1.807, 2.05) is 0 Å². The van der Waals surface area contributed by atoms with Crippen LogP contribution < -0.4 is 5.73 Å². The normalized spacial score (nSPS) is 11.4. The molecule has 0 aliphatic rings. The average Bonchev–Trinajstić information content (AvgIpc) is 2.60. The summed E-state index contributed by atoms with van der Waals surface area (Å²) in [4.78, 5) is 19.4. The minimum absolute atomic E-state index is 0.169. The zero-order chi connectivity index (χ0) is 10.4. The summed E-state index contributed by atoms with van der Waals surface area (Å²) >= 11 is 3.41. The van der Waals surface area contributed by atoms with E-state index >= 15 is 0 Å². The number of nitrogens with zero attached hydrogens (tertiary/aromatic N) is 2. The van der Waals surface area contributed by atoms with Gasteiger partial charge in [-0.25, -0.2) is 4.98 Å². The molecule has 0 bridgehead atoms. The second kappa shape index (κ2) is 5.91. The van der Waals surface area contributed by atoms with Crippen LogP contribution >= 0.6 is 33.9 Å². The first-order valence-corrected chi connectivity index (χ1v) is 6.11. The van der Waals surface area contributed by atoms with Crippen LogP contribution in [0.25, 0.3) is 0 Å². The first-order valence-electron chi connectivity index (χ1n) is 3.70. The molecule has 1 aromatic rings. The molecule has 1 rings (SSSR count). The number of alkyl halides is 1. The molecule has 76 valence electrons. The van der Waals surface area contributed by atoms with Crippen LogP contribution in [-0.4, -0.2) is 28.0 Å². The third-order valence-corrected chi connectivity index (χ3v) is 2.34. The van der Waals surface area contributed by atoms with Crippen molar-refractivity contribution in [3.05, 3.63) is 11.1 Å². The first kappa shape index (κ1) is 11.4. The fraction of sp³-hybridized carbons (Fsp3) is 0.286. The summed E-state index contributed by atoms with van der Waals surface area (Å²) in [5.41, 5.74) is 6.04. The van der Waals surface area contributed by atoms with Crippen LogP contribution in [0.3, 0.4) is 0 Å². The molecule has 0 saturated heterocycles. The number of carbonyl (C=O) groups is 1. The van der Waals surface area contributed by atoms with E-state index in [1.165, 1.54) is 11.3 Å². The number of aromatic nitrogens is 1. The third kappa shape index (κ3) is 3.22. The highest BCUT2D eigenvalue weighted by Gasteiger charge is 2.06. The summed E-state index contributed by atoms with van der Waals surface area (Å²) in [6.45, 7) is 0.470. The van der Waals surface area contributed by atoms with Crippen LogP contribution in [0.5, 0.6) is 0 Å². The molecular weight excluding hydrogens is 317 g/mol. The van der Waals surface area contributed by atoms with E-state index in [9.17, 15) is 4.79 Å². The Bertz CT molecular complexity index is 339. The van der Waals surface area contributed by atoms with Gasteiger partial charge in [-0.15, -0.1) is 11.3 Å². The fourth-order valence-electron chi connectivity index (χ4n) is 0.684. The molecule has 0 aliphatic carbocycles. The number of hydrogen-bond donors (Lipinski definition) is 1. The predicted molar refractivity (Wildman–Crippen MR) is 64.0 cm³/mol. The maximum Gasteiger partial charge on any atom is 0.180 e. The van der Waals surface area contributed by atoms with Gasteiger partial charge in [-0.05, 0) is 0 Å². The Morgan fingerprint density at radius 2 is 2.64 bits per heavy atom. The molecule has 0 unspecified atom stereocenters. The number of anilines is 1. The van der Waals surface area contributed by atoms with Gasteiger partial charge in [0.15, 0.2) is 17.1 Å². The monoisotopic (exact) mass is 325 g/mol. The Morgan fingerprint density at radius 1 is 1.86 bits per heavy atom. The third-order valence-electron chi connectivity index (χ3n) is 1.23. The highest BCUT2D eigenvalue weighted by molar-refractivity contribution is 14.1. The van der Waals surface area contributed by atoms with Crippen molar-refractivity contribution in [1.29, 1.82) is 0 Å². The van der Waals surface area contributed by atoms with Crippen molar-refractivity contribution in [2.45, 2.75) is 0 Å². The van der Waals surface area contributed by atoms with Crippen LogP contribution in [0, 0.1) is 0 Å². The minimum atomic E-state index is 0.169. The van der Waals surface area contributed by atoms with E-state index < -0.39 is 0 Å². The van der Waals surface area contributed by atoms with Gasteiger partial charge < -0.3 is 10.6 Å². The SMILES string of the molecule is Nc1nc(C(C=O)=NOCCI)cs1. The summed E-state index contributed by atoms with van der Waals surface area (Å²) in [6, 6.07) is 0. The number of oxime groups is 1. The van der Waals surface area contributed by atoms with E-state index in [2.05, 4.69) is 32.7 Å². The Morgan fingerprint density at radius 3 is 3.14 bits per heavy atom. The zero-order valence-electron chi connectivity index (χ0n) is 7.14. The number of halogens is 1. The number of hydrogen-bond acceptors (Lipinski definition) is 6. The molecular formula is C7H8IN3O2S. The fourth-order valence-corrected chi connectivity index (χ4v) is 1.44. The topological polar surface area (TPSA) is 77.6 Å². The number of rotatable bonds is 5. The van der Waals surface area contributed by atoms with Gasteiger partial charge >= 0.3 is 0 Å². The second-order valence-electron chi connectivity index (χ2n) is 2.19. The van der Waals surface area contributed by atoms with Gasteiger partial charge in [0.25, 0.3) is 0 Å². The Labute approximate surface area is 98.5 Å². The lowest BCUT2D eigenvalue weighted by Gasteiger charge is -1.95. The predicted octanol–water partition coefficient (Wildman–Crippen LogP) is 1.08. The smallest absolute Gasteiger partial charge is 0.180 e. The van der Waals surface area contributed by atoms with Crippen molar-refractivity contribution in [1.82, 2.24) is 4.98 Å². The van der Waals surface area contributed by atoms with Crippen molar-refractivity contribution in [2.24, 2.45) is 5.16 Å². The minimum Gasteiger partial charge on any atom is -0.394 e. The number of nitrogen functional groups attached to an aromatic ring is 1. The molecule has 1 heterocycles. The number of nitrogens with two attached hydrogens (primary N) is 1. The molecule has 2 N–H and O–H groups in total. The molecule has 5 nitrogen and oxygen atoms in total. The van der Waals surface area contributed by atoms with Crippen LogP contribution in [-0.2, 0) is 9.63 Å². The maximum atomic E-state index is 10.6. The van der Waals surface area contributed by atoms with Gasteiger partial charge in [-0.1, -0.05) is 27.7 Å². The number of thiazole rings is 1. The molecule has 7 heteroatoms. The molecule has 0 aromatic carbocycles. The molecule has 0 aliphatic heterocycles. The maximum absolute atomic E-state index is 10.6. The lowest BCUT2D eigenvalue weighted by atomic mass is 10.3. The van der Waals surface area contributed by atoms with E-state index in [4.69, 9.17) is 10.6 Å². The molecule has 14 heavy (non-hydrogen) atoms. The lowest BCUT2D eigenvalue weighted by molar-refractivity contribution is -0.102. The number of aldehydes is 1. The average molecular weight is 325 g/mol. The van der Waals surface area contributed by atoms with Gasteiger partial charge in [0.05, 0.1) is 0 Å². The van der Waals surface area contributed by atoms with Crippen molar-refractivity contribution >= 4 is 51.1 Å². The lowest BCUT2D eigenvalue weighted by Crippen LogP contribution is -2.05. The highest BCUT2D eigenvalue weighted by Crippen LogP contribution is 2.11. The highest BCUT2D eigenvalue weighted by atomic mass is 127. The summed E-state index contributed by atoms with van der Waals surface area (Å²) in [7, 11) is 0. The molecule has 0 amide bonds. The van der Waals surface area contributed by atoms with Crippen LogP contribution in [0.15, 0.2) is 10.5 Å². The number of carbonyl (C=O) groups excluding carboxylic acids is 1. The second-order valence-corrected chi connectivity index (χ2v) is 4.16. The Kier molecular flexibility index (Phi) is 4.80. The standard InChI is InChI=1S/C7H8IN3O2S/c8-1-2-13-11-5(3-12)6-4-14-7(9)10-6/h3-4H,1-2H2,(H2,9,10).